The lowest BCUT2D eigenvalue weighted by atomic mass is 10.1. The fraction of sp³-hybridized carbons (Fsp3) is 0.636. The third-order valence-corrected chi connectivity index (χ3v) is 7.46. The van der Waals surface area contributed by atoms with E-state index in [9.17, 15) is 8.42 Å². The Hall–Kier alpha value is 0.0900. The fourth-order valence-electron chi connectivity index (χ4n) is 1.72. The van der Waals surface area contributed by atoms with Crippen LogP contribution in [0.5, 0.6) is 0 Å². The van der Waals surface area contributed by atoms with Gasteiger partial charge in [-0.1, -0.05) is 6.92 Å². The van der Waals surface area contributed by atoms with Gasteiger partial charge in [0.2, 0.25) is 10.0 Å². The van der Waals surface area contributed by atoms with Crippen LogP contribution in [0.2, 0.25) is 0 Å². The molecule has 1 saturated carbocycles. The van der Waals surface area contributed by atoms with Crippen LogP contribution in [-0.4, -0.2) is 15.0 Å². The first kappa shape index (κ1) is 13.5. The molecule has 1 aliphatic rings. The van der Waals surface area contributed by atoms with Gasteiger partial charge in [-0.15, -0.1) is 11.3 Å². The largest absolute Gasteiger partial charge is 0.250 e. The molecule has 1 N–H and O–H groups in total. The molecule has 0 aliphatic heterocycles. The number of rotatable bonds is 5. The van der Waals surface area contributed by atoms with Crippen LogP contribution < -0.4 is 4.72 Å². The number of halogens is 1. The zero-order valence-corrected chi connectivity index (χ0v) is 13.1. The SMILES string of the molecule is CCC1(CNS(=O)(=O)c2cc(C)c(Br)s2)CC1. The minimum absolute atomic E-state index is 0.233. The van der Waals surface area contributed by atoms with Crippen molar-refractivity contribution in [2.24, 2.45) is 5.41 Å². The van der Waals surface area contributed by atoms with Gasteiger partial charge in [-0.2, -0.15) is 0 Å². The molecule has 96 valence electrons. The molecule has 0 saturated heterocycles. The molecule has 0 amide bonds. The first-order chi connectivity index (χ1) is 7.88. The smallest absolute Gasteiger partial charge is 0.210 e. The summed E-state index contributed by atoms with van der Waals surface area (Å²) < 4.78 is 28.1. The Morgan fingerprint density at radius 3 is 2.59 bits per heavy atom. The summed E-state index contributed by atoms with van der Waals surface area (Å²) in [7, 11) is -3.33. The average Bonchev–Trinajstić information content (AvgIpc) is 2.99. The Balaban J connectivity index is 2.09. The van der Waals surface area contributed by atoms with Crippen molar-refractivity contribution in [3.8, 4) is 0 Å². The van der Waals surface area contributed by atoms with E-state index in [-0.39, 0.29) is 5.41 Å². The highest BCUT2D eigenvalue weighted by Crippen LogP contribution is 2.48. The molecule has 0 unspecified atom stereocenters. The van der Waals surface area contributed by atoms with E-state index >= 15 is 0 Å². The van der Waals surface area contributed by atoms with Crippen molar-refractivity contribution in [3.63, 3.8) is 0 Å². The quantitative estimate of drug-likeness (QED) is 0.895. The zero-order chi connectivity index (χ0) is 12.7. The van der Waals surface area contributed by atoms with Gasteiger partial charge < -0.3 is 0 Å². The average molecular weight is 338 g/mol. The molecule has 1 aromatic heterocycles. The minimum Gasteiger partial charge on any atom is -0.210 e. The summed E-state index contributed by atoms with van der Waals surface area (Å²) in [6, 6.07) is 1.71. The second-order valence-electron chi connectivity index (χ2n) is 4.70. The van der Waals surface area contributed by atoms with Crippen LogP contribution in [-0.2, 0) is 10.0 Å². The van der Waals surface area contributed by atoms with Gasteiger partial charge in [-0.25, -0.2) is 13.1 Å². The van der Waals surface area contributed by atoms with Crippen LogP contribution >= 0.6 is 27.3 Å². The first-order valence-electron chi connectivity index (χ1n) is 5.64. The Bertz CT molecular complexity index is 498. The highest BCUT2D eigenvalue weighted by molar-refractivity contribution is 9.11. The highest BCUT2D eigenvalue weighted by atomic mass is 79.9. The summed E-state index contributed by atoms with van der Waals surface area (Å²) in [6.07, 6.45) is 3.32. The van der Waals surface area contributed by atoms with Crippen LogP contribution in [0.4, 0.5) is 0 Å². The molecule has 1 aromatic rings. The van der Waals surface area contributed by atoms with Gasteiger partial charge in [0.15, 0.2) is 0 Å². The molecular weight excluding hydrogens is 322 g/mol. The summed E-state index contributed by atoms with van der Waals surface area (Å²) in [6.45, 7) is 4.58. The van der Waals surface area contributed by atoms with E-state index in [2.05, 4.69) is 27.6 Å². The van der Waals surface area contributed by atoms with Gasteiger partial charge in [-0.3, -0.25) is 0 Å². The number of hydrogen-bond acceptors (Lipinski definition) is 3. The maximum absolute atomic E-state index is 12.1. The molecule has 1 heterocycles. The lowest BCUT2D eigenvalue weighted by molar-refractivity contribution is 0.476. The van der Waals surface area contributed by atoms with Crippen molar-refractivity contribution < 1.29 is 8.42 Å². The molecule has 0 bridgehead atoms. The van der Waals surface area contributed by atoms with Crippen molar-refractivity contribution in [1.29, 1.82) is 0 Å². The van der Waals surface area contributed by atoms with Crippen molar-refractivity contribution in [1.82, 2.24) is 4.72 Å². The number of aryl methyl sites for hydroxylation is 1. The van der Waals surface area contributed by atoms with Crippen molar-refractivity contribution in [2.45, 2.75) is 37.3 Å². The maximum atomic E-state index is 12.1. The Labute approximate surface area is 115 Å². The van der Waals surface area contributed by atoms with Crippen molar-refractivity contribution >= 4 is 37.3 Å². The second kappa shape index (κ2) is 4.64. The van der Waals surface area contributed by atoms with E-state index in [0.29, 0.717) is 10.8 Å². The van der Waals surface area contributed by atoms with Gasteiger partial charge in [0.05, 0.1) is 3.79 Å². The van der Waals surface area contributed by atoms with Crippen LogP contribution in [0.3, 0.4) is 0 Å². The molecule has 1 fully saturated rings. The summed E-state index contributed by atoms with van der Waals surface area (Å²) in [4.78, 5) is 0. The monoisotopic (exact) mass is 337 g/mol. The van der Waals surface area contributed by atoms with Crippen LogP contribution in [0.1, 0.15) is 31.7 Å². The molecule has 0 aromatic carbocycles. The Morgan fingerprint density at radius 1 is 1.53 bits per heavy atom. The number of sulfonamides is 1. The van der Waals surface area contributed by atoms with Gasteiger partial charge in [0.25, 0.3) is 0 Å². The Kier molecular flexibility index (Phi) is 3.69. The van der Waals surface area contributed by atoms with Crippen molar-refractivity contribution in [3.05, 3.63) is 15.4 Å². The summed E-state index contributed by atoms with van der Waals surface area (Å²) in [5, 5.41) is 0. The summed E-state index contributed by atoms with van der Waals surface area (Å²) in [5.74, 6) is 0. The first-order valence-corrected chi connectivity index (χ1v) is 8.73. The van der Waals surface area contributed by atoms with E-state index < -0.39 is 10.0 Å². The third kappa shape index (κ3) is 2.92. The van der Waals surface area contributed by atoms with Gasteiger partial charge in [-0.05, 0) is 59.2 Å². The number of nitrogens with one attached hydrogen (secondary N) is 1. The second-order valence-corrected chi connectivity index (χ2v) is 9.06. The molecule has 17 heavy (non-hydrogen) atoms. The summed E-state index contributed by atoms with van der Waals surface area (Å²) >= 11 is 4.62. The predicted octanol–water partition coefficient (Wildman–Crippen LogP) is 3.29. The van der Waals surface area contributed by atoms with E-state index in [1.54, 1.807) is 6.07 Å². The van der Waals surface area contributed by atoms with Gasteiger partial charge in [0, 0.05) is 6.54 Å². The molecule has 0 atom stereocenters. The summed E-state index contributed by atoms with van der Waals surface area (Å²) in [5.41, 5.74) is 1.20. The molecule has 0 spiro atoms. The molecule has 3 nitrogen and oxygen atoms in total. The standard InChI is InChI=1S/C11H16BrNO2S2/c1-3-11(4-5-11)7-13-17(14,15)9-6-8(2)10(12)16-9/h6,13H,3-5,7H2,1-2H3. The maximum Gasteiger partial charge on any atom is 0.250 e. The lowest BCUT2D eigenvalue weighted by Gasteiger charge is -2.12. The molecule has 2 rings (SSSR count). The molecule has 6 heteroatoms. The highest BCUT2D eigenvalue weighted by Gasteiger charge is 2.41. The minimum atomic E-state index is -3.33. The third-order valence-electron chi connectivity index (χ3n) is 3.44. The van der Waals surface area contributed by atoms with Crippen LogP contribution in [0.25, 0.3) is 0 Å². The van der Waals surface area contributed by atoms with Crippen LogP contribution in [0.15, 0.2) is 14.1 Å². The Morgan fingerprint density at radius 2 is 2.18 bits per heavy atom. The van der Waals surface area contributed by atoms with Crippen LogP contribution in [0, 0.1) is 12.3 Å². The number of hydrogen-bond donors (Lipinski definition) is 1. The molecule has 1 aliphatic carbocycles. The normalized spacial score (nSPS) is 18.3. The van der Waals surface area contributed by atoms with E-state index in [4.69, 9.17) is 0 Å². The zero-order valence-electron chi connectivity index (χ0n) is 9.92. The molecular formula is C11H16BrNO2S2. The predicted molar refractivity (Wildman–Crippen MR) is 73.9 cm³/mol. The van der Waals surface area contributed by atoms with E-state index in [1.165, 1.54) is 11.3 Å². The van der Waals surface area contributed by atoms with Gasteiger partial charge >= 0.3 is 0 Å². The van der Waals surface area contributed by atoms with E-state index in [1.807, 2.05) is 6.92 Å². The van der Waals surface area contributed by atoms with Crippen molar-refractivity contribution in [2.75, 3.05) is 6.54 Å². The fourth-order valence-corrected chi connectivity index (χ4v) is 5.14. The topological polar surface area (TPSA) is 46.2 Å². The van der Waals surface area contributed by atoms with Gasteiger partial charge in [0.1, 0.15) is 4.21 Å². The van der Waals surface area contributed by atoms with E-state index in [0.717, 1.165) is 28.6 Å². The lowest BCUT2D eigenvalue weighted by Crippen LogP contribution is -2.29. The molecule has 0 radical (unpaired) electrons. The number of thiophene rings is 1.